The number of thiazole rings is 1. The topological polar surface area (TPSA) is 104 Å². The van der Waals surface area contributed by atoms with Gasteiger partial charge in [0.1, 0.15) is 16.5 Å². The molecule has 0 aliphatic rings. The van der Waals surface area contributed by atoms with E-state index in [1.807, 2.05) is 24.3 Å². The molecule has 7 nitrogen and oxygen atoms in total. The van der Waals surface area contributed by atoms with Crippen LogP contribution in [0.3, 0.4) is 0 Å². The van der Waals surface area contributed by atoms with Gasteiger partial charge < -0.3 is 20.5 Å². The first-order valence-electron chi connectivity index (χ1n) is 7.83. The summed E-state index contributed by atoms with van der Waals surface area (Å²) in [6.07, 6.45) is 0.937. The second kappa shape index (κ2) is 11.5. The first-order chi connectivity index (χ1) is 12.1. The maximum atomic E-state index is 12.0. The number of hydrogen-bond donors (Lipinski definition) is 2. The van der Waals surface area contributed by atoms with Gasteiger partial charge in [-0.05, 0) is 24.1 Å². The van der Waals surface area contributed by atoms with Gasteiger partial charge >= 0.3 is 5.97 Å². The molecule has 1 amide bonds. The molecular formula is C17H22ClN3O4S. The van der Waals surface area contributed by atoms with Crippen LogP contribution in [0.1, 0.15) is 33.9 Å². The van der Waals surface area contributed by atoms with Crippen molar-refractivity contribution in [3.8, 4) is 5.75 Å². The van der Waals surface area contributed by atoms with Crippen molar-refractivity contribution < 1.29 is 19.1 Å². The molecule has 0 radical (unpaired) electrons. The van der Waals surface area contributed by atoms with Gasteiger partial charge in [-0.25, -0.2) is 4.98 Å². The molecule has 0 atom stereocenters. The lowest BCUT2D eigenvalue weighted by atomic mass is 10.2. The monoisotopic (exact) mass is 399 g/mol. The van der Waals surface area contributed by atoms with Gasteiger partial charge in [0.2, 0.25) is 0 Å². The van der Waals surface area contributed by atoms with Gasteiger partial charge in [-0.1, -0.05) is 12.1 Å². The van der Waals surface area contributed by atoms with E-state index in [9.17, 15) is 9.59 Å². The van der Waals surface area contributed by atoms with E-state index in [0.29, 0.717) is 44.0 Å². The summed E-state index contributed by atoms with van der Waals surface area (Å²) >= 11 is 1.37. The number of carbonyl (C=O) groups excluding carboxylic acids is 2. The lowest BCUT2D eigenvalue weighted by molar-refractivity contribution is -0.140. The SMILES string of the molecule is COC(=O)CCCOc1ccc(CNC(=O)c2csc(CN)n2)cc1.Cl. The Balaban J connectivity index is 0.00000338. The fraction of sp³-hybridized carbons (Fsp3) is 0.353. The molecule has 0 fully saturated rings. The van der Waals surface area contributed by atoms with Crippen LogP contribution in [0.5, 0.6) is 5.75 Å². The molecule has 0 aliphatic carbocycles. The number of nitrogens with two attached hydrogens (primary N) is 1. The lowest BCUT2D eigenvalue weighted by Gasteiger charge is -2.07. The summed E-state index contributed by atoms with van der Waals surface area (Å²) in [5.74, 6) is 0.250. The standard InChI is InChI=1S/C17H21N3O4S.ClH/c1-23-16(21)3-2-8-24-13-6-4-12(5-7-13)10-19-17(22)14-11-25-15(9-18)20-14;/h4-7,11H,2-3,8-10,18H2,1H3,(H,19,22);1H. The Hall–Kier alpha value is -2.16. The van der Waals surface area contributed by atoms with Crippen molar-refractivity contribution in [1.29, 1.82) is 0 Å². The highest BCUT2D eigenvalue weighted by molar-refractivity contribution is 7.09. The van der Waals surface area contributed by atoms with Crippen LogP contribution < -0.4 is 15.8 Å². The summed E-state index contributed by atoms with van der Waals surface area (Å²) < 4.78 is 10.1. The first-order valence-corrected chi connectivity index (χ1v) is 8.71. The zero-order valence-electron chi connectivity index (χ0n) is 14.4. The second-order valence-electron chi connectivity index (χ2n) is 5.19. The minimum Gasteiger partial charge on any atom is -0.494 e. The van der Waals surface area contributed by atoms with Gasteiger partial charge in [-0.2, -0.15) is 0 Å². The Labute approximate surface area is 162 Å². The Morgan fingerprint density at radius 1 is 1.27 bits per heavy atom. The van der Waals surface area contributed by atoms with E-state index in [1.54, 1.807) is 5.38 Å². The fourth-order valence-corrected chi connectivity index (χ4v) is 2.65. The number of esters is 1. The lowest BCUT2D eigenvalue weighted by Crippen LogP contribution is -2.23. The van der Waals surface area contributed by atoms with Crippen LogP contribution >= 0.6 is 23.7 Å². The molecule has 3 N–H and O–H groups in total. The number of ether oxygens (including phenoxy) is 2. The number of benzene rings is 1. The van der Waals surface area contributed by atoms with Gasteiger partial charge in [-0.15, -0.1) is 23.7 Å². The summed E-state index contributed by atoms with van der Waals surface area (Å²) in [7, 11) is 1.37. The van der Waals surface area contributed by atoms with E-state index in [0.717, 1.165) is 10.6 Å². The number of nitrogens with zero attached hydrogens (tertiary/aromatic N) is 1. The molecule has 1 aromatic heterocycles. The number of methoxy groups -OCH3 is 1. The quantitative estimate of drug-likeness (QED) is 0.495. The average molecular weight is 400 g/mol. The van der Waals surface area contributed by atoms with Crippen LogP contribution in [0.25, 0.3) is 0 Å². The van der Waals surface area contributed by atoms with Crippen LogP contribution in [-0.4, -0.2) is 30.6 Å². The molecule has 1 heterocycles. The number of amides is 1. The summed E-state index contributed by atoms with van der Waals surface area (Å²) in [6.45, 7) is 1.18. The molecule has 26 heavy (non-hydrogen) atoms. The van der Waals surface area contributed by atoms with Crippen molar-refractivity contribution in [1.82, 2.24) is 10.3 Å². The molecule has 0 aliphatic heterocycles. The number of hydrogen-bond acceptors (Lipinski definition) is 7. The first kappa shape index (κ1) is 21.9. The molecule has 0 bridgehead atoms. The zero-order valence-corrected chi connectivity index (χ0v) is 16.0. The number of aromatic nitrogens is 1. The molecule has 2 rings (SSSR count). The predicted octanol–water partition coefficient (Wildman–Crippen LogP) is 2.29. The predicted molar refractivity (Wildman–Crippen MR) is 102 cm³/mol. The number of carbonyl (C=O) groups is 2. The highest BCUT2D eigenvalue weighted by Gasteiger charge is 2.09. The number of halogens is 1. The molecule has 0 saturated heterocycles. The van der Waals surface area contributed by atoms with E-state index in [4.69, 9.17) is 10.5 Å². The van der Waals surface area contributed by atoms with Gasteiger partial charge in [0.05, 0.1) is 13.7 Å². The zero-order chi connectivity index (χ0) is 18.1. The molecule has 142 valence electrons. The van der Waals surface area contributed by atoms with Gasteiger partial charge in [0, 0.05) is 24.9 Å². The maximum absolute atomic E-state index is 12.0. The van der Waals surface area contributed by atoms with Gasteiger partial charge in [0.25, 0.3) is 5.91 Å². The summed E-state index contributed by atoms with van der Waals surface area (Å²) in [5.41, 5.74) is 6.82. The minimum absolute atomic E-state index is 0. The van der Waals surface area contributed by atoms with E-state index >= 15 is 0 Å². The van der Waals surface area contributed by atoms with Crippen LogP contribution in [0.15, 0.2) is 29.6 Å². The third-order valence-corrected chi connectivity index (χ3v) is 4.23. The summed E-state index contributed by atoms with van der Waals surface area (Å²) in [6, 6.07) is 7.41. The number of rotatable bonds is 9. The Bertz CT molecular complexity index is 706. The highest BCUT2D eigenvalue weighted by Crippen LogP contribution is 2.13. The number of nitrogens with one attached hydrogen (secondary N) is 1. The van der Waals surface area contributed by atoms with Crippen LogP contribution in [0, 0.1) is 0 Å². The highest BCUT2D eigenvalue weighted by atomic mass is 35.5. The molecule has 2 aromatic rings. The normalized spacial score (nSPS) is 9.92. The van der Waals surface area contributed by atoms with Crippen molar-refractivity contribution in [2.24, 2.45) is 5.73 Å². The van der Waals surface area contributed by atoms with Crippen molar-refractivity contribution in [3.05, 3.63) is 45.9 Å². The largest absolute Gasteiger partial charge is 0.494 e. The van der Waals surface area contributed by atoms with Crippen molar-refractivity contribution in [2.75, 3.05) is 13.7 Å². The molecule has 0 unspecified atom stereocenters. The second-order valence-corrected chi connectivity index (χ2v) is 6.13. The van der Waals surface area contributed by atoms with Crippen LogP contribution in [-0.2, 0) is 22.6 Å². The molecule has 9 heteroatoms. The van der Waals surface area contributed by atoms with E-state index in [1.165, 1.54) is 18.4 Å². The Morgan fingerprint density at radius 3 is 2.62 bits per heavy atom. The van der Waals surface area contributed by atoms with Crippen molar-refractivity contribution in [2.45, 2.75) is 25.9 Å². The Morgan fingerprint density at radius 2 is 2.00 bits per heavy atom. The molecular weight excluding hydrogens is 378 g/mol. The third kappa shape index (κ3) is 6.99. The fourth-order valence-electron chi connectivity index (χ4n) is 1.99. The maximum Gasteiger partial charge on any atom is 0.305 e. The minimum atomic E-state index is -0.242. The van der Waals surface area contributed by atoms with E-state index < -0.39 is 0 Å². The van der Waals surface area contributed by atoms with Crippen LogP contribution in [0.2, 0.25) is 0 Å². The summed E-state index contributed by atoms with van der Waals surface area (Å²) in [4.78, 5) is 27.1. The Kier molecular flexibility index (Phi) is 9.64. The van der Waals surface area contributed by atoms with Gasteiger partial charge in [-0.3, -0.25) is 9.59 Å². The van der Waals surface area contributed by atoms with Crippen molar-refractivity contribution in [3.63, 3.8) is 0 Å². The molecule has 0 saturated carbocycles. The van der Waals surface area contributed by atoms with Crippen LogP contribution in [0.4, 0.5) is 0 Å². The molecule has 0 spiro atoms. The smallest absolute Gasteiger partial charge is 0.305 e. The van der Waals surface area contributed by atoms with Crippen molar-refractivity contribution >= 4 is 35.6 Å². The van der Waals surface area contributed by atoms with E-state index in [2.05, 4.69) is 15.0 Å². The third-order valence-electron chi connectivity index (χ3n) is 3.36. The molecule has 1 aromatic carbocycles. The van der Waals surface area contributed by atoms with Gasteiger partial charge in [0.15, 0.2) is 0 Å². The van der Waals surface area contributed by atoms with E-state index in [-0.39, 0.29) is 24.3 Å². The summed E-state index contributed by atoms with van der Waals surface area (Å²) in [5, 5.41) is 5.25. The average Bonchev–Trinajstić information content (AvgIpc) is 3.13.